The lowest BCUT2D eigenvalue weighted by Crippen LogP contribution is -2.43. The molecule has 0 spiro atoms. The van der Waals surface area contributed by atoms with Gasteiger partial charge >= 0.3 is 11.9 Å². The van der Waals surface area contributed by atoms with E-state index in [-0.39, 0.29) is 19.0 Å². The number of rotatable bonds is 8. The van der Waals surface area contributed by atoms with E-state index in [1.54, 1.807) is 21.0 Å². The minimum atomic E-state index is -1.09. The van der Waals surface area contributed by atoms with Crippen LogP contribution < -0.4 is 15.0 Å². The number of nitrogens with one attached hydrogen (secondary N) is 1. The van der Waals surface area contributed by atoms with Crippen molar-refractivity contribution in [2.24, 2.45) is 5.92 Å². The second kappa shape index (κ2) is 11.8. The number of anilines is 1. The smallest absolute Gasteiger partial charge is 0.336 e. The van der Waals surface area contributed by atoms with Gasteiger partial charge in [0.2, 0.25) is 0 Å². The summed E-state index contributed by atoms with van der Waals surface area (Å²) in [6, 6.07) is 15.1. The highest BCUT2D eigenvalue weighted by molar-refractivity contribution is 6.13. The van der Waals surface area contributed by atoms with Gasteiger partial charge in [0.05, 0.1) is 25.9 Å². The molecule has 1 aliphatic carbocycles. The Morgan fingerprint density at radius 3 is 2.28 bits per heavy atom. The maximum atomic E-state index is 14.4. The van der Waals surface area contributed by atoms with E-state index in [0.29, 0.717) is 34.7 Å². The molecule has 8 nitrogen and oxygen atoms in total. The van der Waals surface area contributed by atoms with Crippen molar-refractivity contribution in [1.82, 2.24) is 5.32 Å². The number of ether oxygens (including phenoxy) is 3. The van der Waals surface area contributed by atoms with E-state index >= 15 is 0 Å². The zero-order valence-electron chi connectivity index (χ0n) is 23.4. The van der Waals surface area contributed by atoms with Crippen LogP contribution in [0.1, 0.15) is 50.2 Å². The second-order valence-corrected chi connectivity index (χ2v) is 9.84. The first-order valence-corrected chi connectivity index (χ1v) is 13.2. The van der Waals surface area contributed by atoms with Gasteiger partial charge in [-0.3, -0.25) is 9.59 Å². The van der Waals surface area contributed by atoms with Crippen molar-refractivity contribution in [3.05, 3.63) is 82.2 Å². The summed E-state index contributed by atoms with van der Waals surface area (Å²) in [6.45, 7) is 5.63. The van der Waals surface area contributed by atoms with Crippen molar-refractivity contribution in [1.29, 1.82) is 0 Å². The van der Waals surface area contributed by atoms with E-state index in [9.17, 15) is 14.4 Å². The Hall–Kier alpha value is -4.07. The molecular weight excluding hydrogens is 496 g/mol. The van der Waals surface area contributed by atoms with E-state index in [1.165, 1.54) is 0 Å². The summed E-state index contributed by atoms with van der Waals surface area (Å²) in [6.07, 6.45) is 0.366. The van der Waals surface area contributed by atoms with Crippen molar-refractivity contribution in [3.8, 4) is 5.75 Å². The number of methoxy groups -OCH3 is 1. The predicted octanol–water partition coefficient (Wildman–Crippen LogP) is 4.48. The summed E-state index contributed by atoms with van der Waals surface area (Å²) in [4.78, 5) is 43.0. The fourth-order valence-electron chi connectivity index (χ4n) is 5.58. The SMILES string of the molecule is CCOC(=O)C1=C(C)NC2=C(C(=O)[C@H](C(=O)OCC)[C@H](c3ccccc3OC)C2)[C@@H]1c1ccc(N(C)C)cc1. The van der Waals surface area contributed by atoms with Crippen molar-refractivity contribution in [2.45, 2.75) is 39.0 Å². The molecule has 0 saturated heterocycles. The molecule has 8 heteroatoms. The Morgan fingerprint density at radius 1 is 1.00 bits per heavy atom. The van der Waals surface area contributed by atoms with E-state index in [2.05, 4.69) is 5.32 Å². The van der Waals surface area contributed by atoms with Crippen LogP contribution >= 0.6 is 0 Å². The van der Waals surface area contributed by atoms with Gasteiger partial charge in [-0.25, -0.2) is 4.79 Å². The van der Waals surface area contributed by atoms with Crippen molar-refractivity contribution in [3.63, 3.8) is 0 Å². The molecule has 1 aliphatic heterocycles. The average molecular weight is 533 g/mol. The van der Waals surface area contributed by atoms with E-state index in [1.807, 2.05) is 74.4 Å². The molecule has 2 aromatic carbocycles. The van der Waals surface area contributed by atoms with E-state index in [0.717, 1.165) is 16.8 Å². The molecule has 0 bridgehead atoms. The van der Waals surface area contributed by atoms with Crippen molar-refractivity contribution in [2.75, 3.05) is 39.3 Å². The number of hydrogen-bond donors (Lipinski definition) is 1. The number of esters is 2. The predicted molar refractivity (Wildman–Crippen MR) is 148 cm³/mol. The molecule has 2 aromatic rings. The number of ketones is 1. The molecular formula is C31H36N2O6. The molecule has 3 atom stereocenters. The fourth-order valence-corrected chi connectivity index (χ4v) is 5.58. The Kier molecular flexibility index (Phi) is 8.43. The fraction of sp³-hybridized carbons (Fsp3) is 0.387. The van der Waals surface area contributed by atoms with Crippen LogP contribution in [0.5, 0.6) is 5.75 Å². The monoisotopic (exact) mass is 532 g/mol. The number of hydrogen-bond acceptors (Lipinski definition) is 8. The van der Waals surface area contributed by atoms with E-state index < -0.39 is 29.7 Å². The number of carbonyl (C=O) groups excluding carboxylic acids is 3. The molecule has 0 unspecified atom stereocenters. The number of para-hydroxylation sites is 1. The third kappa shape index (κ3) is 5.28. The molecule has 1 N–H and O–H groups in total. The van der Waals surface area contributed by atoms with Crippen LogP contribution in [0.4, 0.5) is 5.69 Å². The highest BCUT2D eigenvalue weighted by Gasteiger charge is 2.49. The molecule has 1 heterocycles. The second-order valence-electron chi connectivity index (χ2n) is 9.84. The summed E-state index contributed by atoms with van der Waals surface area (Å²) in [5.74, 6) is -3.15. The summed E-state index contributed by atoms with van der Waals surface area (Å²) < 4.78 is 16.4. The van der Waals surface area contributed by atoms with Gasteiger partial charge in [-0.05, 0) is 56.5 Å². The minimum absolute atomic E-state index is 0.147. The van der Waals surface area contributed by atoms with Gasteiger partial charge in [0.25, 0.3) is 0 Å². The third-order valence-electron chi connectivity index (χ3n) is 7.34. The van der Waals surface area contributed by atoms with Gasteiger partial charge in [-0.1, -0.05) is 30.3 Å². The number of nitrogens with zero attached hydrogens (tertiary/aromatic N) is 1. The molecule has 2 aliphatic rings. The number of allylic oxidation sites excluding steroid dienone is 3. The standard InChI is InChI=1S/C31H36N2O6/c1-7-38-30(35)25-18(3)32-23-17-22(21-11-9-10-12-24(21)37-6)27(31(36)39-8-2)29(34)28(23)26(25)19-13-15-20(16-14-19)33(4)5/h9-16,22,26-27,32H,7-8,17H2,1-6H3/t22-,26+,27+/m0/s1. The van der Waals surface area contributed by atoms with Crippen LogP contribution in [0.25, 0.3) is 0 Å². The van der Waals surface area contributed by atoms with Crippen LogP contribution in [-0.2, 0) is 23.9 Å². The Morgan fingerprint density at radius 2 is 1.67 bits per heavy atom. The summed E-state index contributed by atoms with van der Waals surface area (Å²) in [5.41, 5.74) is 4.56. The van der Waals surface area contributed by atoms with Gasteiger partial charge in [0.1, 0.15) is 11.7 Å². The first kappa shape index (κ1) is 28.0. The molecule has 0 radical (unpaired) electrons. The Bertz CT molecular complexity index is 1320. The number of Topliss-reactive ketones (excluding diaryl/α,β-unsaturated/α-hetero) is 1. The Balaban J connectivity index is 1.91. The molecule has 39 heavy (non-hydrogen) atoms. The number of carbonyl (C=O) groups is 3. The first-order valence-electron chi connectivity index (χ1n) is 13.2. The highest BCUT2D eigenvalue weighted by atomic mass is 16.5. The van der Waals surface area contributed by atoms with Crippen LogP contribution in [-0.4, -0.2) is 52.1 Å². The van der Waals surface area contributed by atoms with Crippen LogP contribution in [0.2, 0.25) is 0 Å². The molecule has 0 aromatic heterocycles. The highest BCUT2D eigenvalue weighted by Crippen LogP contribution is 2.49. The van der Waals surface area contributed by atoms with Gasteiger partial charge in [-0.2, -0.15) is 0 Å². The topological polar surface area (TPSA) is 94.2 Å². The van der Waals surface area contributed by atoms with E-state index in [4.69, 9.17) is 14.2 Å². The summed E-state index contributed by atoms with van der Waals surface area (Å²) >= 11 is 0. The maximum absolute atomic E-state index is 14.4. The van der Waals surface area contributed by atoms with Crippen LogP contribution in [0, 0.1) is 5.92 Å². The largest absolute Gasteiger partial charge is 0.496 e. The van der Waals surface area contributed by atoms with Crippen molar-refractivity contribution < 1.29 is 28.6 Å². The first-order chi connectivity index (χ1) is 18.7. The number of dihydropyridines is 1. The lowest BCUT2D eigenvalue weighted by Gasteiger charge is -2.39. The van der Waals surface area contributed by atoms with Gasteiger partial charge in [0.15, 0.2) is 5.78 Å². The van der Waals surface area contributed by atoms with Crippen molar-refractivity contribution >= 4 is 23.4 Å². The summed E-state index contributed by atoms with van der Waals surface area (Å²) in [5, 5.41) is 3.33. The zero-order chi connectivity index (χ0) is 28.3. The molecule has 0 amide bonds. The quantitative estimate of drug-likeness (QED) is 0.393. The lowest BCUT2D eigenvalue weighted by atomic mass is 9.67. The summed E-state index contributed by atoms with van der Waals surface area (Å²) in [7, 11) is 5.46. The van der Waals surface area contributed by atoms with Crippen LogP contribution in [0.15, 0.2) is 71.1 Å². The third-order valence-corrected chi connectivity index (χ3v) is 7.34. The molecule has 206 valence electrons. The Labute approximate surface area is 229 Å². The van der Waals surface area contributed by atoms with Gasteiger partial charge in [-0.15, -0.1) is 0 Å². The van der Waals surface area contributed by atoms with Crippen LogP contribution in [0.3, 0.4) is 0 Å². The minimum Gasteiger partial charge on any atom is -0.496 e. The number of benzene rings is 2. The van der Waals surface area contributed by atoms with Gasteiger partial charge < -0.3 is 24.4 Å². The molecule has 0 fully saturated rings. The maximum Gasteiger partial charge on any atom is 0.336 e. The average Bonchev–Trinajstić information content (AvgIpc) is 2.92. The molecule has 0 saturated carbocycles. The zero-order valence-corrected chi connectivity index (χ0v) is 23.4. The molecule has 4 rings (SSSR count). The lowest BCUT2D eigenvalue weighted by molar-refractivity contribution is -0.152. The normalized spacial score (nSPS) is 20.7. The van der Waals surface area contributed by atoms with Gasteiger partial charge in [0, 0.05) is 48.6 Å².